The average molecular weight is 268 g/mol. The Balaban J connectivity index is 2.03. The number of aromatic carboxylic acids is 1. The lowest BCUT2D eigenvalue weighted by Crippen LogP contribution is -2.32. The summed E-state index contributed by atoms with van der Waals surface area (Å²) in [6, 6.07) is 0. The molecule has 0 radical (unpaired) electrons. The van der Waals surface area contributed by atoms with Crippen molar-refractivity contribution >= 4 is 17.3 Å². The Bertz CT molecular complexity index is 423. The first-order valence-electron chi connectivity index (χ1n) is 6.54. The van der Waals surface area contributed by atoms with Crippen molar-refractivity contribution in [1.82, 2.24) is 9.88 Å². The molecule has 0 aromatic carbocycles. The minimum absolute atomic E-state index is 0.253. The molecule has 1 aliphatic rings. The fourth-order valence-corrected chi connectivity index (χ4v) is 3.33. The standard InChI is InChI=1S/C13H20N2O2S/c1-3-10-12(13(16)17)14-11(18-10)8-15-6-4-9(2)5-7-15/h9H,3-8H2,1-2H3,(H,16,17). The van der Waals surface area contributed by atoms with Gasteiger partial charge in [-0.05, 0) is 38.3 Å². The van der Waals surface area contributed by atoms with Crippen LogP contribution in [0.2, 0.25) is 0 Å². The molecule has 0 bridgehead atoms. The van der Waals surface area contributed by atoms with E-state index in [2.05, 4.69) is 16.8 Å². The van der Waals surface area contributed by atoms with E-state index in [0.29, 0.717) is 0 Å². The molecule has 1 N–H and O–H groups in total. The molecule has 0 aliphatic carbocycles. The van der Waals surface area contributed by atoms with Crippen LogP contribution in [0, 0.1) is 5.92 Å². The molecule has 0 unspecified atom stereocenters. The number of piperidine rings is 1. The van der Waals surface area contributed by atoms with Crippen molar-refractivity contribution in [3.63, 3.8) is 0 Å². The zero-order valence-electron chi connectivity index (χ0n) is 11.0. The molecular weight excluding hydrogens is 248 g/mol. The van der Waals surface area contributed by atoms with Crippen molar-refractivity contribution in [1.29, 1.82) is 0 Å². The summed E-state index contributed by atoms with van der Waals surface area (Å²) in [6.07, 6.45) is 3.21. The normalized spacial score (nSPS) is 18.1. The number of hydrogen-bond acceptors (Lipinski definition) is 4. The van der Waals surface area contributed by atoms with Crippen LogP contribution >= 0.6 is 11.3 Å². The van der Waals surface area contributed by atoms with E-state index >= 15 is 0 Å². The highest BCUT2D eigenvalue weighted by Gasteiger charge is 2.20. The summed E-state index contributed by atoms with van der Waals surface area (Å²) in [6.45, 7) is 7.28. The van der Waals surface area contributed by atoms with Gasteiger partial charge in [-0.15, -0.1) is 11.3 Å². The number of likely N-dealkylation sites (tertiary alicyclic amines) is 1. The molecule has 1 aromatic rings. The molecule has 1 fully saturated rings. The third kappa shape index (κ3) is 3.09. The topological polar surface area (TPSA) is 53.4 Å². The highest BCUT2D eigenvalue weighted by Crippen LogP contribution is 2.23. The van der Waals surface area contributed by atoms with Gasteiger partial charge in [0.05, 0.1) is 6.54 Å². The first-order valence-corrected chi connectivity index (χ1v) is 7.36. The second-order valence-corrected chi connectivity index (χ2v) is 6.16. The summed E-state index contributed by atoms with van der Waals surface area (Å²) in [4.78, 5) is 18.6. The van der Waals surface area contributed by atoms with E-state index in [4.69, 9.17) is 5.11 Å². The van der Waals surface area contributed by atoms with Gasteiger partial charge in [-0.3, -0.25) is 4.90 Å². The molecule has 2 rings (SSSR count). The molecule has 0 saturated carbocycles. The number of thiazole rings is 1. The Hall–Kier alpha value is -0.940. The van der Waals surface area contributed by atoms with Crippen molar-refractivity contribution in [2.75, 3.05) is 13.1 Å². The summed E-state index contributed by atoms with van der Waals surface area (Å²) in [7, 11) is 0. The van der Waals surface area contributed by atoms with Crippen LogP contribution in [0.15, 0.2) is 0 Å². The monoisotopic (exact) mass is 268 g/mol. The molecule has 0 spiro atoms. The van der Waals surface area contributed by atoms with Gasteiger partial charge in [0.25, 0.3) is 0 Å². The van der Waals surface area contributed by atoms with Crippen LogP contribution in [0.5, 0.6) is 0 Å². The summed E-state index contributed by atoms with van der Waals surface area (Å²) < 4.78 is 0. The van der Waals surface area contributed by atoms with E-state index < -0.39 is 5.97 Å². The van der Waals surface area contributed by atoms with Gasteiger partial charge >= 0.3 is 5.97 Å². The second kappa shape index (κ2) is 5.80. The van der Waals surface area contributed by atoms with Gasteiger partial charge in [-0.25, -0.2) is 9.78 Å². The molecule has 1 aromatic heterocycles. The Kier molecular flexibility index (Phi) is 4.35. The van der Waals surface area contributed by atoms with Crippen LogP contribution in [0.1, 0.15) is 47.1 Å². The maximum Gasteiger partial charge on any atom is 0.355 e. The van der Waals surface area contributed by atoms with Crippen LogP contribution in [0.3, 0.4) is 0 Å². The number of nitrogens with zero attached hydrogens (tertiary/aromatic N) is 2. The molecule has 0 amide bonds. The number of carboxylic acid groups (broad SMARTS) is 1. The van der Waals surface area contributed by atoms with Gasteiger partial charge < -0.3 is 5.11 Å². The van der Waals surface area contributed by atoms with E-state index in [1.165, 1.54) is 12.8 Å². The van der Waals surface area contributed by atoms with Crippen LogP contribution in [0.4, 0.5) is 0 Å². The van der Waals surface area contributed by atoms with E-state index in [1.54, 1.807) is 11.3 Å². The summed E-state index contributed by atoms with van der Waals surface area (Å²) in [5.41, 5.74) is 0.253. The molecule has 100 valence electrons. The summed E-state index contributed by atoms with van der Waals surface area (Å²) in [5, 5.41) is 10.0. The number of aryl methyl sites for hydroxylation is 1. The number of aromatic nitrogens is 1. The third-order valence-electron chi connectivity index (χ3n) is 3.50. The maximum atomic E-state index is 11.1. The van der Waals surface area contributed by atoms with E-state index in [-0.39, 0.29) is 5.69 Å². The SMILES string of the molecule is CCc1sc(CN2CCC(C)CC2)nc1C(=O)O. The lowest BCUT2D eigenvalue weighted by atomic mass is 9.99. The molecule has 1 saturated heterocycles. The van der Waals surface area contributed by atoms with Gasteiger partial charge in [-0.1, -0.05) is 13.8 Å². The zero-order valence-corrected chi connectivity index (χ0v) is 11.8. The predicted octanol–water partition coefficient (Wildman–Crippen LogP) is 2.64. The lowest BCUT2D eigenvalue weighted by molar-refractivity contribution is 0.0689. The lowest BCUT2D eigenvalue weighted by Gasteiger charge is -2.29. The fraction of sp³-hybridized carbons (Fsp3) is 0.692. The largest absolute Gasteiger partial charge is 0.476 e. The number of rotatable bonds is 4. The van der Waals surface area contributed by atoms with Gasteiger partial charge in [0.2, 0.25) is 0 Å². The zero-order chi connectivity index (χ0) is 13.1. The van der Waals surface area contributed by atoms with Crippen LogP contribution in [0.25, 0.3) is 0 Å². The quantitative estimate of drug-likeness (QED) is 0.912. The highest BCUT2D eigenvalue weighted by molar-refractivity contribution is 7.11. The molecule has 18 heavy (non-hydrogen) atoms. The molecule has 5 heteroatoms. The molecule has 4 nitrogen and oxygen atoms in total. The third-order valence-corrected chi connectivity index (χ3v) is 4.68. The van der Waals surface area contributed by atoms with Crippen LogP contribution < -0.4 is 0 Å². The van der Waals surface area contributed by atoms with Crippen molar-refractivity contribution in [3.8, 4) is 0 Å². The molecule has 1 aliphatic heterocycles. The number of carboxylic acids is 1. The predicted molar refractivity (Wildman–Crippen MR) is 72.1 cm³/mol. The van der Waals surface area contributed by atoms with Crippen LogP contribution in [-0.4, -0.2) is 34.0 Å². The van der Waals surface area contributed by atoms with Gasteiger partial charge in [-0.2, -0.15) is 0 Å². The summed E-state index contributed by atoms with van der Waals surface area (Å²) >= 11 is 1.55. The van der Waals surface area contributed by atoms with E-state index in [1.807, 2.05) is 6.92 Å². The maximum absolute atomic E-state index is 11.1. The molecule has 0 atom stereocenters. The Morgan fingerprint density at radius 1 is 1.50 bits per heavy atom. The summed E-state index contributed by atoms with van der Waals surface area (Å²) in [5.74, 6) is -0.0834. The van der Waals surface area contributed by atoms with Crippen molar-refractivity contribution in [2.24, 2.45) is 5.92 Å². The number of hydrogen-bond donors (Lipinski definition) is 1. The molecule has 2 heterocycles. The average Bonchev–Trinajstić information content (AvgIpc) is 2.75. The highest BCUT2D eigenvalue weighted by atomic mass is 32.1. The van der Waals surface area contributed by atoms with Crippen molar-refractivity contribution in [3.05, 3.63) is 15.6 Å². The van der Waals surface area contributed by atoms with Gasteiger partial charge in [0.15, 0.2) is 5.69 Å². The van der Waals surface area contributed by atoms with Crippen molar-refractivity contribution in [2.45, 2.75) is 39.7 Å². The minimum Gasteiger partial charge on any atom is -0.476 e. The Labute approximate surface area is 112 Å². The number of carbonyl (C=O) groups is 1. The second-order valence-electron chi connectivity index (χ2n) is 5.00. The van der Waals surface area contributed by atoms with E-state index in [0.717, 1.165) is 41.9 Å². The van der Waals surface area contributed by atoms with Gasteiger partial charge in [0, 0.05) is 4.88 Å². The minimum atomic E-state index is -0.901. The van der Waals surface area contributed by atoms with E-state index in [9.17, 15) is 4.79 Å². The first-order chi connectivity index (χ1) is 8.60. The van der Waals surface area contributed by atoms with Crippen LogP contribution in [-0.2, 0) is 13.0 Å². The Morgan fingerprint density at radius 3 is 2.67 bits per heavy atom. The van der Waals surface area contributed by atoms with Crippen molar-refractivity contribution < 1.29 is 9.90 Å². The fourth-order valence-electron chi connectivity index (χ4n) is 2.29. The Morgan fingerprint density at radius 2 is 2.17 bits per heavy atom. The van der Waals surface area contributed by atoms with Gasteiger partial charge in [0.1, 0.15) is 5.01 Å². The molecular formula is C13H20N2O2S. The smallest absolute Gasteiger partial charge is 0.355 e. The first kappa shape index (κ1) is 13.5.